The molecular formula is C9H21NO3. The third kappa shape index (κ3) is 8.18. The SMILES string of the molecule is COCCC(C)(O)CNC[C@@H](C)O. The number of nitrogens with one attached hydrogen (secondary N) is 1. The van der Waals surface area contributed by atoms with Gasteiger partial charge < -0.3 is 20.3 Å². The van der Waals surface area contributed by atoms with Gasteiger partial charge in [0.05, 0.1) is 11.7 Å². The van der Waals surface area contributed by atoms with Crippen LogP contribution < -0.4 is 5.32 Å². The maximum absolute atomic E-state index is 9.73. The van der Waals surface area contributed by atoms with Gasteiger partial charge in [-0.1, -0.05) is 0 Å². The van der Waals surface area contributed by atoms with E-state index in [0.717, 1.165) is 0 Å². The van der Waals surface area contributed by atoms with Crippen LogP contribution in [-0.4, -0.2) is 48.7 Å². The van der Waals surface area contributed by atoms with Gasteiger partial charge in [-0.2, -0.15) is 0 Å². The minimum atomic E-state index is -0.759. The van der Waals surface area contributed by atoms with Crippen LogP contribution >= 0.6 is 0 Å². The summed E-state index contributed by atoms with van der Waals surface area (Å²) in [6, 6.07) is 0. The van der Waals surface area contributed by atoms with E-state index in [9.17, 15) is 5.11 Å². The van der Waals surface area contributed by atoms with Crippen molar-refractivity contribution in [3.8, 4) is 0 Å². The van der Waals surface area contributed by atoms with Crippen LogP contribution in [0.4, 0.5) is 0 Å². The Hall–Kier alpha value is -0.160. The highest BCUT2D eigenvalue weighted by molar-refractivity contribution is 4.75. The number of ether oxygens (including phenoxy) is 1. The van der Waals surface area contributed by atoms with Gasteiger partial charge in [0.2, 0.25) is 0 Å². The van der Waals surface area contributed by atoms with Gasteiger partial charge in [0.1, 0.15) is 0 Å². The standard InChI is InChI=1S/C9H21NO3/c1-8(11)6-10-7-9(2,12)4-5-13-3/h8,10-12H,4-7H2,1-3H3/t8-,9?/m1/s1. The van der Waals surface area contributed by atoms with Gasteiger partial charge in [0.15, 0.2) is 0 Å². The predicted molar refractivity (Wildman–Crippen MR) is 51.7 cm³/mol. The molecule has 80 valence electrons. The van der Waals surface area contributed by atoms with Crippen molar-refractivity contribution < 1.29 is 14.9 Å². The first-order valence-corrected chi connectivity index (χ1v) is 4.58. The lowest BCUT2D eigenvalue weighted by molar-refractivity contribution is 0.0230. The van der Waals surface area contributed by atoms with E-state index in [1.165, 1.54) is 0 Å². The van der Waals surface area contributed by atoms with Gasteiger partial charge in [-0.05, 0) is 13.8 Å². The number of aliphatic hydroxyl groups excluding tert-OH is 1. The monoisotopic (exact) mass is 191 g/mol. The molecule has 0 amide bonds. The molecule has 0 aromatic rings. The van der Waals surface area contributed by atoms with E-state index in [0.29, 0.717) is 26.1 Å². The maximum Gasteiger partial charge on any atom is 0.0765 e. The number of hydrogen-bond acceptors (Lipinski definition) is 4. The lowest BCUT2D eigenvalue weighted by atomic mass is 10.0. The lowest BCUT2D eigenvalue weighted by Gasteiger charge is -2.23. The summed E-state index contributed by atoms with van der Waals surface area (Å²) in [6.07, 6.45) is 0.217. The zero-order chi connectivity index (χ0) is 10.3. The summed E-state index contributed by atoms with van der Waals surface area (Å²) in [4.78, 5) is 0. The summed E-state index contributed by atoms with van der Waals surface area (Å²) in [5, 5.41) is 21.7. The van der Waals surface area contributed by atoms with Crippen molar-refractivity contribution in [1.29, 1.82) is 0 Å². The fourth-order valence-electron chi connectivity index (χ4n) is 0.961. The van der Waals surface area contributed by atoms with Gasteiger partial charge in [0.25, 0.3) is 0 Å². The predicted octanol–water partition coefficient (Wildman–Crippen LogP) is -0.256. The summed E-state index contributed by atoms with van der Waals surface area (Å²) in [5.41, 5.74) is -0.759. The van der Waals surface area contributed by atoms with Gasteiger partial charge in [-0.3, -0.25) is 0 Å². The maximum atomic E-state index is 9.73. The Bertz CT molecular complexity index is 126. The molecule has 4 nitrogen and oxygen atoms in total. The molecule has 0 aliphatic carbocycles. The second-order valence-corrected chi connectivity index (χ2v) is 3.72. The molecule has 0 aliphatic heterocycles. The molecule has 3 N–H and O–H groups in total. The van der Waals surface area contributed by atoms with Crippen molar-refractivity contribution in [2.24, 2.45) is 0 Å². The third-order valence-corrected chi connectivity index (χ3v) is 1.79. The summed E-state index contributed by atoms with van der Waals surface area (Å²) in [7, 11) is 1.61. The molecule has 13 heavy (non-hydrogen) atoms. The molecule has 0 rings (SSSR count). The first-order valence-electron chi connectivity index (χ1n) is 4.58. The highest BCUT2D eigenvalue weighted by atomic mass is 16.5. The minimum absolute atomic E-state index is 0.377. The van der Waals surface area contributed by atoms with E-state index in [2.05, 4.69) is 5.32 Å². The van der Waals surface area contributed by atoms with Gasteiger partial charge in [-0.15, -0.1) is 0 Å². The van der Waals surface area contributed by atoms with Crippen LogP contribution in [0, 0.1) is 0 Å². The molecule has 0 saturated carbocycles. The summed E-state index contributed by atoms with van der Waals surface area (Å²) in [5.74, 6) is 0. The highest BCUT2D eigenvalue weighted by Crippen LogP contribution is 2.07. The topological polar surface area (TPSA) is 61.7 Å². The largest absolute Gasteiger partial charge is 0.392 e. The molecule has 1 unspecified atom stereocenters. The Balaban J connectivity index is 3.50. The zero-order valence-electron chi connectivity index (χ0n) is 8.71. The Morgan fingerprint density at radius 2 is 2.15 bits per heavy atom. The van der Waals surface area contributed by atoms with Crippen LogP contribution in [0.3, 0.4) is 0 Å². The molecule has 0 spiro atoms. The quantitative estimate of drug-likeness (QED) is 0.519. The van der Waals surface area contributed by atoms with E-state index in [1.54, 1.807) is 21.0 Å². The third-order valence-electron chi connectivity index (χ3n) is 1.79. The van der Waals surface area contributed by atoms with Gasteiger partial charge >= 0.3 is 0 Å². The van der Waals surface area contributed by atoms with Crippen molar-refractivity contribution in [3.05, 3.63) is 0 Å². The molecule has 0 aliphatic rings. The van der Waals surface area contributed by atoms with Crippen LogP contribution in [0.25, 0.3) is 0 Å². The van der Waals surface area contributed by atoms with Crippen molar-refractivity contribution in [2.45, 2.75) is 32.0 Å². The molecule has 0 radical (unpaired) electrons. The fourth-order valence-corrected chi connectivity index (χ4v) is 0.961. The Morgan fingerprint density at radius 1 is 1.54 bits per heavy atom. The first kappa shape index (κ1) is 12.8. The molecule has 0 aromatic carbocycles. The van der Waals surface area contributed by atoms with Crippen LogP contribution in [-0.2, 0) is 4.74 Å². The lowest BCUT2D eigenvalue weighted by Crippen LogP contribution is -2.41. The Kier molecular flexibility index (Phi) is 6.24. The van der Waals surface area contributed by atoms with Crippen LogP contribution in [0.15, 0.2) is 0 Å². The average Bonchev–Trinajstić information content (AvgIpc) is 2.00. The molecule has 0 bridgehead atoms. The van der Waals surface area contributed by atoms with E-state index < -0.39 is 5.60 Å². The van der Waals surface area contributed by atoms with Crippen molar-refractivity contribution >= 4 is 0 Å². The average molecular weight is 191 g/mol. The molecular weight excluding hydrogens is 170 g/mol. The molecule has 0 aromatic heterocycles. The second-order valence-electron chi connectivity index (χ2n) is 3.72. The Morgan fingerprint density at radius 3 is 2.62 bits per heavy atom. The van der Waals surface area contributed by atoms with Crippen LogP contribution in [0.5, 0.6) is 0 Å². The van der Waals surface area contributed by atoms with Gasteiger partial charge in [-0.25, -0.2) is 0 Å². The molecule has 0 heterocycles. The smallest absolute Gasteiger partial charge is 0.0765 e. The molecule has 2 atom stereocenters. The number of hydrogen-bond donors (Lipinski definition) is 3. The van der Waals surface area contributed by atoms with Crippen molar-refractivity contribution in [1.82, 2.24) is 5.32 Å². The van der Waals surface area contributed by atoms with Crippen LogP contribution in [0.1, 0.15) is 20.3 Å². The fraction of sp³-hybridized carbons (Fsp3) is 1.00. The van der Waals surface area contributed by atoms with Crippen molar-refractivity contribution in [2.75, 3.05) is 26.8 Å². The molecule has 0 fully saturated rings. The minimum Gasteiger partial charge on any atom is -0.392 e. The highest BCUT2D eigenvalue weighted by Gasteiger charge is 2.19. The number of methoxy groups -OCH3 is 1. The molecule has 0 saturated heterocycles. The van der Waals surface area contributed by atoms with E-state index in [1.807, 2.05) is 0 Å². The van der Waals surface area contributed by atoms with Crippen LogP contribution in [0.2, 0.25) is 0 Å². The number of rotatable bonds is 7. The van der Waals surface area contributed by atoms with E-state index in [4.69, 9.17) is 9.84 Å². The van der Waals surface area contributed by atoms with E-state index in [-0.39, 0.29) is 6.10 Å². The number of aliphatic hydroxyl groups is 2. The first-order chi connectivity index (χ1) is 5.98. The second kappa shape index (κ2) is 6.32. The zero-order valence-corrected chi connectivity index (χ0v) is 8.71. The van der Waals surface area contributed by atoms with Crippen molar-refractivity contribution in [3.63, 3.8) is 0 Å². The Labute approximate surface area is 79.9 Å². The normalized spacial score (nSPS) is 18.2. The summed E-state index contributed by atoms with van der Waals surface area (Å²) in [6.45, 7) is 4.98. The van der Waals surface area contributed by atoms with Gasteiger partial charge in [0, 0.05) is 33.2 Å². The summed E-state index contributed by atoms with van der Waals surface area (Å²) >= 11 is 0. The molecule has 4 heteroatoms. The summed E-state index contributed by atoms with van der Waals surface area (Å²) < 4.78 is 4.87. The van der Waals surface area contributed by atoms with E-state index >= 15 is 0 Å².